The maximum absolute atomic E-state index is 9.31. The molecule has 0 unspecified atom stereocenters. The summed E-state index contributed by atoms with van der Waals surface area (Å²) >= 11 is 0. The van der Waals surface area contributed by atoms with E-state index >= 15 is 0 Å². The number of fused-ring (bicyclic) bond motifs is 1. The van der Waals surface area contributed by atoms with Gasteiger partial charge in [0.25, 0.3) is 0 Å². The summed E-state index contributed by atoms with van der Waals surface area (Å²) in [6, 6.07) is 10.0. The van der Waals surface area contributed by atoms with Gasteiger partial charge in [0.05, 0.1) is 17.7 Å². The lowest BCUT2D eigenvalue weighted by atomic mass is 10.1. The summed E-state index contributed by atoms with van der Waals surface area (Å²) in [6.45, 7) is 0.198. The van der Waals surface area contributed by atoms with E-state index in [9.17, 15) is 5.11 Å². The highest BCUT2D eigenvalue weighted by Gasteiger charge is 2.42. The molecule has 0 aliphatic heterocycles. The van der Waals surface area contributed by atoms with E-state index < -0.39 is 0 Å². The van der Waals surface area contributed by atoms with E-state index in [1.807, 2.05) is 24.3 Å². The van der Waals surface area contributed by atoms with Crippen molar-refractivity contribution in [3.63, 3.8) is 0 Å². The second-order valence-electron chi connectivity index (χ2n) is 4.44. The Labute approximate surface area is 94.1 Å². The first-order chi connectivity index (χ1) is 7.83. The van der Waals surface area contributed by atoms with Gasteiger partial charge in [-0.2, -0.15) is 0 Å². The van der Waals surface area contributed by atoms with Gasteiger partial charge in [0.2, 0.25) is 0 Å². The Bertz CT molecular complexity index is 515. The van der Waals surface area contributed by atoms with Crippen LogP contribution in [0.2, 0.25) is 0 Å². The lowest BCUT2D eigenvalue weighted by Crippen LogP contribution is -2.25. The zero-order valence-electron chi connectivity index (χ0n) is 8.98. The van der Waals surface area contributed by atoms with Crippen molar-refractivity contribution in [3.05, 3.63) is 36.5 Å². The Balaban J connectivity index is 2.03. The summed E-state index contributed by atoms with van der Waals surface area (Å²) in [5, 5.41) is 13.9. The number of hydrogen-bond acceptors (Lipinski definition) is 3. The van der Waals surface area contributed by atoms with Crippen LogP contribution < -0.4 is 5.32 Å². The molecule has 1 aliphatic carbocycles. The fraction of sp³-hybridized carbons (Fsp3) is 0.308. The monoisotopic (exact) mass is 214 g/mol. The van der Waals surface area contributed by atoms with E-state index in [4.69, 9.17) is 0 Å². The Morgan fingerprint density at radius 2 is 2.06 bits per heavy atom. The molecule has 1 aromatic carbocycles. The van der Waals surface area contributed by atoms with E-state index in [2.05, 4.69) is 16.4 Å². The van der Waals surface area contributed by atoms with Crippen molar-refractivity contribution in [2.75, 3.05) is 11.9 Å². The molecule has 1 aliphatic rings. The lowest BCUT2D eigenvalue weighted by molar-refractivity contribution is 0.266. The minimum Gasteiger partial charge on any atom is -0.394 e. The number of rotatable bonds is 3. The maximum Gasteiger partial charge on any atom is 0.0722 e. The predicted octanol–water partition coefficient (Wildman–Crippen LogP) is 2.17. The zero-order chi connectivity index (χ0) is 11.0. The molecular weight excluding hydrogens is 200 g/mol. The van der Waals surface area contributed by atoms with Crippen molar-refractivity contribution >= 4 is 16.6 Å². The van der Waals surface area contributed by atoms with Crippen molar-refractivity contribution in [2.24, 2.45) is 0 Å². The van der Waals surface area contributed by atoms with Crippen LogP contribution in [0.4, 0.5) is 5.69 Å². The Morgan fingerprint density at radius 1 is 1.25 bits per heavy atom. The van der Waals surface area contributed by atoms with Crippen LogP contribution in [0, 0.1) is 0 Å². The second-order valence-corrected chi connectivity index (χ2v) is 4.44. The molecule has 0 radical (unpaired) electrons. The van der Waals surface area contributed by atoms with Crippen LogP contribution in [-0.4, -0.2) is 22.2 Å². The number of nitrogens with one attached hydrogen (secondary N) is 1. The summed E-state index contributed by atoms with van der Waals surface area (Å²) in [7, 11) is 0. The van der Waals surface area contributed by atoms with Crippen molar-refractivity contribution in [1.29, 1.82) is 0 Å². The number of hydrogen-bond donors (Lipinski definition) is 2. The molecule has 1 saturated carbocycles. The minimum atomic E-state index is -0.0792. The highest BCUT2D eigenvalue weighted by molar-refractivity contribution is 5.91. The third-order valence-electron chi connectivity index (χ3n) is 3.21. The largest absolute Gasteiger partial charge is 0.394 e. The van der Waals surface area contributed by atoms with E-state index in [1.54, 1.807) is 6.20 Å². The fourth-order valence-electron chi connectivity index (χ4n) is 1.96. The number of aliphatic hydroxyl groups is 1. The molecule has 1 fully saturated rings. The first kappa shape index (κ1) is 9.60. The molecule has 0 amide bonds. The van der Waals surface area contributed by atoms with E-state index in [-0.39, 0.29) is 12.1 Å². The Hall–Kier alpha value is -1.61. The number of anilines is 1. The first-order valence-electron chi connectivity index (χ1n) is 5.56. The van der Waals surface area contributed by atoms with Gasteiger partial charge in [-0.3, -0.25) is 4.98 Å². The normalized spacial score (nSPS) is 17.3. The minimum absolute atomic E-state index is 0.0792. The van der Waals surface area contributed by atoms with Gasteiger partial charge >= 0.3 is 0 Å². The number of nitrogens with zero attached hydrogens (tertiary/aromatic N) is 1. The van der Waals surface area contributed by atoms with Crippen molar-refractivity contribution < 1.29 is 5.11 Å². The quantitative estimate of drug-likeness (QED) is 0.823. The number of aromatic nitrogens is 1. The third-order valence-corrected chi connectivity index (χ3v) is 3.21. The Kier molecular flexibility index (Phi) is 2.07. The average Bonchev–Trinajstić information content (AvgIpc) is 3.10. The highest BCUT2D eigenvalue weighted by atomic mass is 16.3. The van der Waals surface area contributed by atoms with Gasteiger partial charge in [0.1, 0.15) is 0 Å². The molecule has 3 rings (SSSR count). The molecule has 16 heavy (non-hydrogen) atoms. The molecule has 0 spiro atoms. The summed E-state index contributed by atoms with van der Waals surface area (Å²) < 4.78 is 0. The molecule has 82 valence electrons. The van der Waals surface area contributed by atoms with Gasteiger partial charge in [-0.15, -0.1) is 0 Å². The fourth-order valence-corrected chi connectivity index (χ4v) is 1.96. The summed E-state index contributed by atoms with van der Waals surface area (Å²) in [4.78, 5) is 4.32. The van der Waals surface area contributed by atoms with E-state index in [1.165, 1.54) is 0 Å². The molecule has 1 aromatic heterocycles. The topological polar surface area (TPSA) is 45.1 Å². The summed E-state index contributed by atoms with van der Waals surface area (Å²) in [6.07, 6.45) is 3.89. The first-order valence-corrected chi connectivity index (χ1v) is 5.56. The van der Waals surface area contributed by atoms with Crippen LogP contribution in [0.5, 0.6) is 0 Å². The standard InChI is InChI=1S/C13H14N2O/c16-9-13(6-7-13)15-12-5-8-14-11-4-2-1-3-10(11)12/h1-5,8,16H,6-7,9H2,(H,14,15). The van der Waals surface area contributed by atoms with Gasteiger partial charge < -0.3 is 10.4 Å². The smallest absolute Gasteiger partial charge is 0.0722 e. The highest BCUT2D eigenvalue weighted by Crippen LogP contribution is 2.39. The van der Waals surface area contributed by atoms with Crippen LogP contribution >= 0.6 is 0 Å². The van der Waals surface area contributed by atoms with Crippen LogP contribution in [0.15, 0.2) is 36.5 Å². The van der Waals surface area contributed by atoms with E-state index in [0.717, 1.165) is 29.4 Å². The van der Waals surface area contributed by atoms with Crippen molar-refractivity contribution in [3.8, 4) is 0 Å². The second kappa shape index (κ2) is 3.46. The molecule has 0 saturated heterocycles. The van der Waals surface area contributed by atoms with Gasteiger partial charge in [0.15, 0.2) is 0 Å². The molecule has 1 heterocycles. The predicted molar refractivity (Wildman–Crippen MR) is 64.4 cm³/mol. The van der Waals surface area contributed by atoms with Crippen LogP contribution in [-0.2, 0) is 0 Å². The van der Waals surface area contributed by atoms with Gasteiger partial charge in [-0.1, -0.05) is 18.2 Å². The molecular formula is C13H14N2O. The molecule has 0 atom stereocenters. The van der Waals surface area contributed by atoms with E-state index in [0.29, 0.717) is 0 Å². The number of para-hydroxylation sites is 1. The summed E-state index contributed by atoms with van der Waals surface area (Å²) in [5.41, 5.74) is 1.97. The molecule has 0 bridgehead atoms. The third kappa shape index (κ3) is 1.53. The van der Waals surface area contributed by atoms with Gasteiger partial charge in [-0.05, 0) is 25.0 Å². The molecule has 3 heteroatoms. The van der Waals surface area contributed by atoms with Crippen LogP contribution in [0.3, 0.4) is 0 Å². The SMILES string of the molecule is OCC1(Nc2ccnc3ccccc23)CC1. The number of pyridine rings is 1. The van der Waals surface area contributed by atoms with Gasteiger partial charge in [0, 0.05) is 17.3 Å². The van der Waals surface area contributed by atoms with Gasteiger partial charge in [-0.25, -0.2) is 0 Å². The number of benzene rings is 1. The molecule has 3 nitrogen and oxygen atoms in total. The van der Waals surface area contributed by atoms with Crippen molar-refractivity contribution in [1.82, 2.24) is 4.98 Å². The molecule has 2 aromatic rings. The average molecular weight is 214 g/mol. The maximum atomic E-state index is 9.31. The lowest BCUT2D eigenvalue weighted by Gasteiger charge is -2.17. The van der Waals surface area contributed by atoms with Crippen LogP contribution in [0.1, 0.15) is 12.8 Å². The Morgan fingerprint density at radius 3 is 2.81 bits per heavy atom. The van der Waals surface area contributed by atoms with Crippen molar-refractivity contribution in [2.45, 2.75) is 18.4 Å². The van der Waals surface area contributed by atoms with Crippen LogP contribution in [0.25, 0.3) is 10.9 Å². The molecule has 2 N–H and O–H groups in total. The number of aliphatic hydroxyl groups excluding tert-OH is 1. The zero-order valence-corrected chi connectivity index (χ0v) is 8.98. The summed E-state index contributed by atoms with van der Waals surface area (Å²) in [5.74, 6) is 0.